The normalized spacial score (nSPS) is 15.9. The minimum Gasteiger partial charge on any atom is -0.103 e. The van der Waals surface area contributed by atoms with Gasteiger partial charge >= 0.3 is 0 Å². The molecule has 0 aliphatic carbocycles. The van der Waals surface area contributed by atoms with Crippen LogP contribution in [0.2, 0.25) is 0 Å². The quantitative estimate of drug-likeness (QED) is 0.518. The zero-order valence-corrected chi connectivity index (χ0v) is 9.45. The van der Waals surface area contributed by atoms with Gasteiger partial charge in [-0.25, -0.2) is 0 Å². The average molecular weight is 190 g/mol. The Morgan fingerprint density at radius 1 is 1.21 bits per heavy atom. The van der Waals surface area contributed by atoms with Gasteiger partial charge in [-0.1, -0.05) is 43.4 Å². The second-order valence-corrected chi connectivity index (χ2v) is 3.36. The van der Waals surface area contributed by atoms with Crippen molar-refractivity contribution in [2.75, 3.05) is 0 Å². The third kappa shape index (κ3) is 4.86. The van der Waals surface area contributed by atoms with Crippen LogP contribution in [0.25, 0.3) is 0 Å². The highest BCUT2D eigenvalue weighted by molar-refractivity contribution is 5.06. The molecule has 14 heavy (non-hydrogen) atoms. The first-order chi connectivity index (χ1) is 6.79. The zero-order valence-electron chi connectivity index (χ0n) is 9.45. The molecule has 0 aromatic rings. The van der Waals surface area contributed by atoms with Crippen molar-refractivity contribution in [1.82, 2.24) is 0 Å². The van der Waals surface area contributed by atoms with Crippen molar-refractivity contribution in [1.29, 1.82) is 0 Å². The summed E-state index contributed by atoms with van der Waals surface area (Å²) in [7, 11) is 0. The van der Waals surface area contributed by atoms with E-state index in [1.54, 1.807) is 0 Å². The molecule has 2 unspecified atom stereocenters. The van der Waals surface area contributed by atoms with Gasteiger partial charge in [-0.05, 0) is 25.7 Å². The highest BCUT2D eigenvalue weighted by atomic mass is 14.1. The molecular formula is C14H22. The van der Waals surface area contributed by atoms with E-state index in [1.165, 1.54) is 0 Å². The summed E-state index contributed by atoms with van der Waals surface area (Å²) in [6.45, 7) is 11.9. The number of hydrogen-bond donors (Lipinski definition) is 0. The maximum Gasteiger partial charge on any atom is 0.000966 e. The van der Waals surface area contributed by atoms with Crippen molar-refractivity contribution in [3.8, 4) is 0 Å². The molecule has 0 fully saturated rings. The fraction of sp³-hybridized carbons (Fsp3) is 0.429. The number of allylic oxidation sites excluding steroid dienone is 6. The molecule has 78 valence electrons. The third-order valence-corrected chi connectivity index (χ3v) is 2.24. The van der Waals surface area contributed by atoms with E-state index in [2.05, 4.69) is 51.3 Å². The Bertz CT molecular complexity index is 208. The summed E-state index contributed by atoms with van der Waals surface area (Å²) in [4.78, 5) is 0. The Labute approximate surface area is 88.7 Å². The Kier molecular flexibility index (Phi) is 7.92. The summed E-state index contributed by atoms with van der Waals surface area (Å²) < 4.78 is 0. The maximum atomic E-state index is 3.88. The van der Waals surface area contributed by atoms with E-state index in [1.807, 2.05) is 12.2 Å². The second-order valence-electron chi connectivity index (χ2n) is 3.36. The van der Waals surface area contributed by atoms with E-state index in [-0.39, 0.29) is 0 Å². The smallest absolute Gasteiger partial charge is 0.000966 e. The summed E-state index contributed by atoms with van der Waals surface area (Å²) >= 11 is 0. The van der Waals surface area contributed by atoms with E-state index < -0.39 is 0 Å². The summed E-state index contributed by atoms with van der Waals surface area (Å²) in [5, 5.41) is 0. The lowest BCUT2D eigenvalue weighted by Gasteiger charge is -2.16. The van der Waals surface area contributed by atoms with Crippen molar-refractivity contribution >= 4 is 0 Å². The molecule has 0 saturated carbocycles. The molecule has 0 aliphatic heterocycles. The highest BCUT2D eigenvalue weighted by Crippen LogP contribution is 2.21. The molecular weight excluding hydrogens is 168 g/mol. The van der Waals surface area contributed by atoms with E-state index in [0.29, 0.717) is 11.8 Å². The van der Waals surface area contributed by atoms with Gasteiger partial charge in [0.15, 0.2) is 0 Å². The minimum atomic E-state index is 0.434. The monoisotopic (exact) mass is 190 g/mol. The molecule has 0 aliphatic rings. The van der Waals surface area contributed by atoms with Crippen LogP contribution < -0.4 is 0 Å². The van der Waals surface area contributed by atoms with Crippen LogP contribution >= 0.6 is 0 Å². The first-order valence-electron chi connectivity index (χ1n) is 5.33. The first kappa shape index (κ1) is 13.0. The molecule has 0 heteroatoms. The lowest BCUT2D eigenvalue weighted by molar-refractivity contribution is 0.564. The van der Waals surface area contributed by atoms with Crippen LogP contribution in [0.1, 0.15) is 26.7 Å². The second kappa shape index (κ2) is 8.55. The van der Waals surface area contributed by atoms with Crippen LogP contribution in [-0.4, -0.2) is 0 Å². The summed E-state index contributed by atoms with van der Waals surface area (Å²) in [5.41, 5.74) is 0. The van der Waals surface area contributed by atoms with Gasteiger partial charge in [-0.3, -0.25) is 0 Å². The average Bonchev–Trinajstić information content (AvgIpc) is 2.19. The molecule has 0 aromatic carbocycles. The Morgan fingerprint density at radius 2 is 1.93 bits per heavy atom. The highest BCUT2D eigenvalue weighted by Gasteiger charge is 2.10. The molecule has 0 heterocycles. The van der Waals surface area contributed by atoms with Gasteiger partial charge in [0, 0.05) is 5.92 Å². The molecule has 2 atom stereocenters. The number of hydrogen-bond acceptors (Lipinski definition) is 0. The predicted octanol–water partition coefficient (Wildman–Crippen LogP) is 4.52. The lowest BCUT2D eigenvalue weighted by atomic mass is 9.88. The number of rotatable bonds is 7. The van der Waals surface area contributed by atoms with Crippen molar-refractivity contribution < 1.29 is 0 Å². The lowest BCUT2D eigenvalue weighted by Crippen LogP contribution is -2.06. The fourth-order valence-electron chi connectivity index (χ4n) is 1.49. The molecule has 0 spiro atoms. The topological polar surface area (TPSA) is 0 Å². The van der Waals surface area contributed by atoms with E-state index >= 15 is 0 Å². The largest absolute Gasteiger partial charge is 0.103 e. The van der Waals surface area contributed by atoms with E-state index in [9.17, 15) is 0 Å². The maximum absolute atomic E-state index is 3.88. The molecule has 0 aromatic heterocycles. The van der Waals surface area contributed by atoms with Crippen LogP contribution in [0.4, 0.5) is 0 Å². The molecule has 0 bridgehead atoms. The van der Waals surface area contributed by atoms with Gasteiger partial charge in [-0.15, -0.1) is 13.2 Å². The van der Waals surface area contributed by atoms with Crippen LogP contribution in [0.5, 0.6) is 0 Å². The molecule has 0 N–H and O–H groups in total. The van der Waals surface area contributed by atoms with E-state index in [0.717, 1.165) is 12.8 Å². The van der Waals surface area contributed by atoms with E-state index in [4.69, 9.17) is 0 Å². The Hall–Kier alpha value is -1.04. The van der Waals surface area contributed by atoms with Crippen LogP contribution in [-0.2, 0) is 0 Å². The van der Waals surface area contributed by atoms with Gasteiger partial charge in [-0.2, -0.15) is 0 Å². The molecule has 0 amide bonds. The molecule has 0 nitrogen and oxygen atoms in total. The SMILES string of the molecule is C=CCC(C=CC)C(C=C)C=CCC. The Balaban J connectivity index is 4.47. The predicted molar refractivity (Wildman–Crippen MR) is 66.2 cm³/mol. The third-order valence-electron chi connectivity index (χ3n) is 2.24. The van der Waals surface area contributed by atoms with Gasteiger partial charge in [0.1, 0.15) is 0 Å². The first-order valence-corrected chi connectivity index (χ1v) is 5.33. The summed E-state index contributed by atoms with van der Waals surface area (Å²) in [5.74, 6) is 0.946. The van der Waals surface area contributed by atoms with Crippen LogP contribution in [0.3, 0.4) is 0 Å². The molecule has 0 radical (unpaired) electrons. The van der Waals surface area contributed by atoms with Crippen LogP contribution in [0.15, 0.2) is 49.6 Å². The van der Waals surface area contributed by atoms with Crippen molar-refractivity contribution in [2.45, 2.75) is 26.7 Å². The van der Waals surface area contributed by atoms with Gasteiger partial charge < -0.3 is 0 Å². The zero-order chi connectivity index (χ0) is 10.8. The van der Waals surface area contributed by atoms with Gasteiger partial charge in [0.05, 0.1) is 0 Å². The summed E-state index contributed by atoms with van der Waals surface area (Å²) in [6, 6.07) is 0. The van der Waals surface area contributed by atoms with Gasteiger partial charge in [0.25, 0.3) is 0 Å². The van der Waals surface area contributed by atoms with Crippen molar-refractivity contribution in [2.24, 2.45) is 11.8 Å². The molecule has 0 saturated heterocycles. The fourth-order valence-corrected chi connectivity index (χ4v) is 1.49. The minimum absolute atomic E-state index is 0.434. The Morgan fingerprint density at radius 3 is 2.36 bits per heavy atom. The van der Waals surface area contributed by atoms with Crippen molar-refractivity contribution in [3.05, 3.63) is 49.6 Å². The summed E-state index contributed by atoms with van der Waals surface area (Å²) in [6.07, 6.45) is 14.9. The van der Waals surface area contributed by atoms with Crippen LogP contribution in [0, 0.1) is 11.8 Å². The van der Waals surface area contributed by atoms with Crippen molar-refractivity contribution in [3.63, 3.8) is 0 Å². The standard InChI is InChI=1S/C14H22/c1-5-9-12-13(8-4)14(10-6-2)11-7-3/h6-9,11-14H,2,4-5,10H2,1,3H3. The van der Waals surface area contributed by atoms with Gasteiger partial charge in [0.2, 0.25) is 0 Å². The molecule has 0 rings (SSSR count).